The Balaban J connectivity index is 1.42. The highest BCUT2D eigenvalue weighted by atomic mass is 32.2. The first-order valence-electron chi connectivity index (χ1n) is 8.71. The first kappa shape index (κ1) is 17.8. The van der Waals surface area contributed by atoms with Gasteiger partial charge in [0.25, 0.3) is 5.91 Å². The van der Waals surface area contributed by atoms with Crippen molar-refractivity contribution >= 4 is 46.8 Å². The molecule has 1 N–H and O–H groups in total. The number of nitrogens with zero attached hydrogens (tertiary/aromatic N) is 2. The average molecular weight is 389 g/mol. The number of benzene rings is 1. The van der Waals surface area contributed by atoms with Crippen molar-refractivity contribution in [1.82, 2.24) is 4.90 Å². The van der Waals surface area contributed by atoms with Crippen molar-refractivity contribution in [2.75, 3.05) is 29.1 Å². The van der Waals surface area contributed by atoms with Gasteiger partial charge in [0.2, 0.25) is 11.8 Å². The zero-order valence-corrected chi connectivity index (χ0v) is 15.6. The molecular weight excluding hydrogens is 370 g/mol. The molecule has 0 aromatic heterocycles. The molecule has 0 saturated carbocycles. The van der Waals surface area contributed by atoms with Crippen molar-refractivity contribution in [2.45, 2.75) is 30.7 Å². The Morgan fingerprint density at radius 1 is 1.33 bits per heavy atom. The van der Waals surface area contributed by atoms with Crippen LogP contribution in [0.1, 0.15) is 19.8 Å². The zero-order chi connectivity index (χ0) is 19.2. The van der Waals surface area contributed by atoms with Crippen LogP contribution in [-0.2, 0) is 23.9 Å². The number of fused-ring (bicyclic) bond motifs is 2. The third kappa shape index (κ3) is 3.05. The van der Waals surface area contributed by atoms with Gasteiger partial charge in [-0.15, -0.1) is 11.8 Å². The van der Waals surface area contributed by atoms with Crippen LogP contribution in [0.15, 0.2) is 24.3 Å². The molecule has 142 valence electrons. The SMILES string of the molecule is C[C@]12CCC(=O)N1[C@H](C(=O)OCC(=O)N1CC(=O)Nc3ccccc31)CS2. The number of hydrogen-bond donors (Lipinski definition) is 1. The molecule has 2 atom stereocenters. The number of carbonyl (C=O) groups is 4. The van der Waals surface area contributed by atoms with Crippen molar-refractivity contribution in [3.8, 4) is 0 Å². The predicted octanol–water partition coefficient (Wildman–Crippen LogP) is 0.969. The average Bonchev–Trinajstić information content (AvgIpc) is 3.14. The highest BCUT2D eigenvalue weighted by Gasteiger charge is 2.53. The first-order valence-corrected chi connectivity index (χ1v) is 9.70. The lowest BCUT2D eigenvalue weighted by Gasteiger charge is -2.30. The number of amides is 3. The topological polar surface area (TPSA) is 96.0 Å². The molecule has 0 radical (unpaired) electrons. The Morgan fingerprint density at radius 2 is 2.11 bits per heavy atom. The van der Waals surface area contributed by atoms with Gasteiger partial charge < -0.3 is 15.0 Å². The van der Waals surface area contributed by atoms with Crippen LogP contribution in [0, 0.1) is 0 Å². The summed E-state index contributed by atoms with van der Waals surface area (Å²) in [7, 11) is 0. The second-order valence-corrected chi connectivity index (χ2v) is 8.42. The molecule has 1 aromatic carbocycles. The summed E-state index contributed by atoms with van der Waals surface area (Å²) in [5.74, 6) is -0.961. The molecule has 0 unspecified atom stereocenters. The number of rotatable bonds is 3. The number of anilines is 2. The molecule has 1 aromatic rings. The smallest absolute Gasteiger partial charge is 0.330 e. The number of nitrogens with one attached hydrogen (secondary N) is 1. The maximum Gasteiger partial charge on any atom is 0.330 e. The Hall–Kier alpha value is -2.55. The van der Waals surface area contributed by atoms with Crippen molar-refractivity contribution in [2.24, 2.45) is 0 Å². The van der Waals surface area contributed by atoms with E-state index in [2.05, 4.69) is 5.32 Å². The summed E-state index contributed by atoms with van der Waals surface area (Å²) in [4.78, 5) is 51.5. The molecule has 0 aliphatic carbocycles. The van der Waals surface area contributed by atoms with Gasteiger partial charge in [-0.1, -0.05) is 12.1 Å². The quantitative estimate of drug-likeness (QED) is 0.774. The molecule has 2 fully saturated rings. The Labute approximate surface area is 160 Å². The molecule has 0 spiro atoms. The number of thioether (sulfide) groups is 1. The van der Waals surface area contributed by atoms with Crippen LogP contribution in [0.5, 0.6) is 0 Å². The van der Waals surface area contributed by atoms with Gasteiger partial charge in [-0.3, -0.25) is 19.3 Å². The van der Waals surface area contributed by atoms with Crippen LogP contribution in [0.2, 0.25) is 0 Å². The van der Waals surface area contributed by atoms with E-state index in [-0.39, 0.29) is 23.2 Å². The fraction of sp³-hybridized carbons (Fsp3) is 0.444. The van der Waals surface area contributed by atoms with Crippen LogP contribution in [0.4, 0.5) is 11.4 Å². The molecule has 3 aliphatic heterocycles. The lowest BCUT2D eigenvalue weighted by Crippen LogP contribution is -2.48. The van der Waals surface area contributed by atoms with Crippen molar-refractivity contribution in [1.29, 1.82) is 0 Å². The van der Waals surface area contributed by atoms with Crippen LogP contribution in [-0.4, -0.2) is 58.4 Å². The Bertz CT molecular complexity index is 844. The number of esters is 1. The Kier molecular flexibility index (Phi) is 4.33. The highest BCUT2D eigenvalue weighted by Crippen LogP contribution is 2.47. The zero-order valence-electron chi connectivity index (χ0n) is 14.8. The van der Waals surface area contributed by atoms with Gasteiger partial charge in [0, 0.05) is 12.2 Å². The van der Waals surface area contributed by atoms with E-state index in [1.54, 1.807) is 40.9 Å². The number of ether oxygens (including phenoxy) is 1. The maximum atomic E-state index is 12.6. The van der Waals surface area contributed by atoms with E-state index in [0.29, 0.717) is 30.0 Å². The number of hydrogen-bond acceptors (Lipinski definition) is 6. The van der Waals surface area contributed by atoms with Crippen LogP contribution >= 0.6 is 11.8 Å². The normalized spacial score (nSPS) is 26.5. The lowest BCUT2D eigenvalue weighted by molar-refractivity contribution is -0.155. The van der Waals surface area contributed by atoms with E-state index < -0.39 is 24.5 Å². The number of para-hydroxylation sites is 2. The monoisotopic (exact) mass is 389 g/mol. The lowest BCUT2D eigenvalue weighted by atomic mass is 10.2. The fourth-order valence-corrected chi connectivity index (χ4v) is 5.17. The van der Waals surface area contributed by atoms with Crippen molar-refractivity contribution in [3.63, 3.8) is 0 Å². The second kappa shape index (κ2) is 6.56. The van der Waals surface area contributed by atoms with Gasteiger partial charge in [0.05, 0.1) is 16.2 Å². The van der Waals surface area contributed by atoms with E-state index in [0.717, 1.165) is 0 Å². The summed E-state index contributed by atoms with van der Waals surface area (Å²) in [5.41, 5.74) is 1.11. The van der Waals surface area contributed by atoms with Crippen molar-refractivity contribution < 1.29 is 23.9 Å². The molecular formula is C18H19N3O5S. The summed E-state index contributed by atoms with van der Waals surface area (Å²) in [6.07, 6.45) is 1.13. The molecule has 27 heavy (non-hydrogen) atoms. The molecule has 3 amide bonds. The molecule has 8 nitrogen and oxygen atoms in total. The third-order valence-corrected chi connectivity index (χ3v) is 6.63. The van der Waals surface area contributed by atoms with Gasteiger partial charge >= 0.3 is 5.97 Å². The van der Waals surface area contributed by atoms with Gasteiger partial charge in [-0.2, -0.15) is 0 Å². The molecule has 3 heterocycles. The van der Waals surface area contributed by atoms with Crippen LogP contribution in [0.25, 0.3) is 0 Å². The Morgan fingerprint density at radius 3 is 2.93 bits per heavy atom. The molecule has 3 aliphatic rings. The van der Waals surface area contributed by atoms with E-state index in [1.165, 1.54) is 4.90 Å². The summed E-state index contributed by atoms with van der Waals surface area (Å²) >= 11 is 1.56. The number of carbonyl (C=O) groups excluding carboxylic acids is 4. The fourth-order valence-electron chi connectivity index (χ4n) is 3.76. The van der Waals surface area contributed by atoms with Crippen LogP contribution < -0.4 is 10.2 Å². The standard InChI is InChI=1S/C18H19N3O5S/c1-18-7-6-15(23)21(18)13(10-27-18)17(25)26-9-16(24)20-8-14(22)19-11-4-2-3-5-12(11)20/h2-5,13H,6-10H2,1H3,(H,19,22)/t13-,18-/m0/s1. The highest BCUT2D eigenvalue weighted by molar-refractivity contribution is 8.01. The molecule has 9 heteroatoms. The minimum absolute atomic E-state index is 0.0580. The van der Waals surface area contributed by atoms with Gasteiger partial charge in [0.15, 0.2) is 6.61 Å². The van der Waals surface area contributed by atoms with Crippen LogP contribution in [0.3, 0.4) is 0 Å². The van der Waals surface area contributed by atoms with Gasteiger partial charge in [0.1, 0.15) is 12.6 Å². The van der Waals surface area contributed by atoms with Gasteiger partial charge in [-0.05, 0) is 25.5 Å². The maximum absolute atomic E-state index is 12.6. The summed E-state index contributed by atoms with van der Waals surface area (Å²) < 4.78 is 5.22. The molecule has 4 rings (SSSR count). The minimum Gasteiger partial charge on any atom is -0.454 e. The van der Waals surface area contributed by atoms with E-state index in [1.807, 2.05) is 6.92 Å². The molecule has 0 bridgehead atoms. The minimum atomic E-state index is -0.667. The molecule has 2 saturated heterocycles. The summed E-state index contributed by atoms with van der Waals surface area (Å²) in [5, 5.41) is 2.70. The van der Waals surface area contributed by atoms with Crippen molar-refractivity contribution in [3.05, 3.63) is 24.3 Å². The largest absolute Gasteiger partial charge is 0.454 e. The van der Waals surface area contributed by atoms with E-state index >= 15 is 0 Å². The van der Waals surface area contributed by atoms with E-state index in [4.69, 9.17) is 4.74 Å². The second-order valence-electron chi connectivity index (χ2n) is 6.92. The van der Waals surface area contributed by atoms with Gasteiger partial charge in [-0.25, -0.2) is 4.79 Å². The predicted molar refractivity (Wildman–Crippen MR) is 99.1 cm³/mol. The summed E-state index contributed by atoms with van der Waals surface area (Å²) in [6, 6.07) is 6.28. The summed E-state index contributed by atoms with van der Waals surface area (Å²) in [6.45, 7) is 1.35. The first-order chi connectivity index (χ1) is 12.9. The van der Waals surface area contributed by atoms with E-state index in [9.17, 15) is 19.2 Å². The third-order valence-electron chi connectivity index (χ3n) is 5.13.